The number of amides is 1. The third-order valence-corrected chi connectivity index (χ3v) is 7.30. The first-order valence-electron chi connectivity index (χ1n) is 13.0. The van der Waals surface area contributed by atoms with Crippen molar-refractivity contribution >= 4 is 15.9 Å². The molecule has 0 fully saturated rings. The van der Waals surface area contributed by atoms with Gasteiger partial charge in [-0.3, -0.25) is 4.79 Å². The van der Waals surface area contributed by atoms with Crippen LogP contribution in [0.2, 0.25) is 0 Å². The van der Waals surface area contributed by atoms with Crippen LogP contribution in [0.3, 0.4) is 0 Å². The molecule has 0 aliphatic heterocycles. The summed E-state index contributed by atoms with van der Waals surface area (Å²) < 4.78 is 54.0. The van der Waals surface area contributed by atoms with Gasteiger partial charge in [0.25, 0.3) is 15.9 Å². The molecule has 0 saturated carbocycles. The van der Waals surface area contributed by atoms with Crippen LogP contribution in [0.25, 0.3) is 11.3 Å². The average Bonchev–Trinajstić information content (AvgIpc) is 2.87. The fraction of sp³-hybridized carbons (Fsp3) is 0.414. The molecular formula is C29H36FN3O5S. The molecule has 0 bridgehead atoms. The summed E-state index contributed by atoms with van der Waals surface area (Å²) in [5, 5.41) is -0.276. The topological polar surface area (TPSA) is 107 Å². The number of rotatable bonds is 12. The quantitative estimate of drug-likeness (QED) is 0.293. The van der Waals surface area contributed by atoms with Crippen LogP contribution in [0.1, 0.15) is 63.5 Å². The Balaban J connectivity index is 2.00. The molecular weight excluding hydrogens is 521 g/mol. The summed E-state index contributed by atoms with van der Waals surface area (Å²) in [7, 11) is -4.25. The molecule has 1 amide bonds. The summed E-state index contributed by atoms with van der Waals surface area (Å²) in [6.07, 6.45) is 1.50. The van der Waals surface area contributed by atoms with Gasteiger partial charge in [0.2, 0.25) is 5.88 Å². The number of hydrogen-bond donors (Lipinski definition) is 1. The first kappa shape index (κ1) is 30.0. The monoisotopic (exact) mass is 557 g/mol. The van der Waals surface area contributed by atoms with Crippen molar-refractivity contribution in [3.63, 3.8) is 0 Å². The summed E-state index contributed by atoms with van der Waals surface area (Å²) in [4.78, 5) is 21.7. The molecule has 0 spiro atoms. The predicted molar refractivity (Wildman–Crippen MR) is 148 cm³/mol. The molecule has 2 heterocycles. The number of benzene rings is 1. The van der Waals surface area contributed by atoms with E-state index in [1.165, 1.54) is 30.3 Å². The number of nitrogens with zero attached hydrogens (tertiary/aromatic N) is 2. The van der Waals surface area contributed by atoms with E-state index in [1.54, 1.807) is 25.1 Å². The molecule has 0 aliphatic carbocycles. The molecule has 210 valence electrons. The van der Waals surface area contributed by atoms with Crippen LogP contribution in [0.5, 0.6) is 11.6 Å². The van der Waals surface area contributed by atoms with Crippen LogP contribution in [-0.2, 0) is 10.0 Å². The lowest BCUT2D eigenvalue weighted by Gasteiger charge is -2.22. The number of aryl methyl sites for hydroxylation is 1. The van der Waals surface area contributed by atoms with Crippen molar-refractivity contribution in [1.29, 1.82) is 0 Å². The first-order valence-corrected chi connectivity index (χ1v) is 14.5. The minimum atomic E-state index is -4.25. The standard InChI is InChI=1S/C29H36FN3O5S/c1-7-9-19(4)21(6)38-29-25(28(34)33-39(35,36)27-11-8-10-20(5)31-27)12-13-26(32-29)22-14-23(30)16-24(15-22)37-17-18(2)3/h8,10-16,18-19,21H,7,9,17H2,1-6H3,(H,33,34). The van der Waals surface area contributed by atoms with Crippen molar-refractivity contribution in [3.05, 3.63) is 65.6 Å². The van der Waals surface area contributed by atoms with E-state index in [4.69, 9.17) is 9.47 Å². The zero-order valence-electron chi connectivity index (χ0n) is 23.2. The maximum absolute atomic E-state index is 14.4. The van der Waals surface area contributed by atoms with Crippen molar-refractivity contribution < 1.29 is 27.1 Å². The fourth-order valence-electron chi connectivity index (χ4n) is 3.80. The molecule has 2 unspecified atom stereocenters. The Morgan fingerprint density at radius 3 is 2.46 bits per heavy atom. The van der Waals surface area contributed by atoms with Crippen LogP contribution in [0.15, 0.2) is 53.6 Å². The third kappa shape index (κ3) is 8.23. The predicted octanol–water partition coefficient (Wildman–Crippen LogP) is 5.95. The molecule has 1 N–H and O–H groups in total. The van der Waals surface area contributed by atoms with Crippen molar-refractivity contribution in [2.75, 3.05) is 6.61 Å². The summed E-state index contributed by atoms with van der Waals surface area (Å²) in [6, 6.07) is 11.7. The van der Waals surface area contributed by atoms with E-state index < -0.39 is 21.7 Å². The summed E-state index contributed by atoms with van der Waals surface area (Å²) in [5.41, 5.74) is 1.19. The number of ether oxygens (including phenoxy) is 2. The Kier molecular flexibility index (Phi) is 10.0. The van der Waals surface area contributed by atoms with Gasteiger partial charge < -0.3 is 9.47 Å². The van der Waals surface area contributed by atoms with E-state index >= 15 is 0 Å². The zero-order chi connectivity index (χ0) is 28.7. The van der Waals surface area contributed by atoms with E-state index in [0.29, 0.717) is 29.3 Å². The van der Waals surface area contributed by atoms with Gasteiger partial charge in [-0.2, -0.15) is 8.42 Å². The van der Waals surface area contributed by atoms with Gasteiger partial charge in [0, 0.05) is 17.3 Å². The van der Waals surface area contributed by atoms with E-state index in [2.05, 4.69) is 21.6 Å². The second kappa shape index (κ2) is 13.0. The van der Waals surface area contributed by atoms with Crippen LogP contribution < -0.4 is 14.2 Å². The highest BCUT2D eigenvalue weighted by molar-refractivity contribution is 7.90. The maximum atomic E-state index is 14.4. The second-order valence-corrected chi connectivity index (χ2v) is 11.7. The molecule has 8 nitrogen and oxygen atoms in total. The molecule has 3 rings (SSSR count). The number of carbonyl (C=O) groups excluding carboxylic acids is 1. The molecule has 2 atom stereocenters. The number of aromatic nitrogens is 2. The van der Waals surface area contributed by atoms with Crippen molar-refractivity contribution in [1.82, 2.24) is 14.7 Å². The summed E-state index contributed by atoms with van der Waals surface area (Å²) in [6.45, 7) is 12.0. The maximum Gasteiger partial charge on any atom is 0.281 e. The van der Waals surface area contributed by atoms with Gasteiger partial charge in [0.1, 0.15) is 23.2 Å². The van der Waals surface area contributed by atoms with Crippen molar-refractivity contribution in [2.24, 2.45) is 11.8 Å². The SMILES string of the molecule is CCCC(C)C(C)Oc1nc(-c2cc(F)cc(OCC(C)C)c2)ccc1C(=O)NS(=O)(=O)c1cccc(C)n1. The Morgan fingerprint density at radius 2 is 1.79 bits per heavy atom. The molecule has 3 aromatic rings. The summed E-state index contributed by atoms with van der Waals surface area (Å²) >= 11 is 0. The molecule has 10 heteroatoms. The van der Waals surface area contributed by atoms with Crippen LogP contribution in [-0.4, -0.2) is 37.0 Å². The molecule has 0 saturated heterocycles. The Bertz CT molecular complexity index is 1410. The second-order valence-electron chi connectivity index (χ2n) is 10.1. The zero-order valence-corrected chi connectivity index (χ0v) is 24.0. The molecule has 0 aliphatic rings. The van der Waals surface area contributed by atoms with Crippen LogP contribution in [0.4, 0.5) is 4.39 Å². The van der Waals surface area contributed by atoms with Gasteiger partial charge in [0.05, 0.1) is 12.3 Å². The number of halogens is 1. The first-order chi connectivity index (χ1) is 18.4. The largest absolute Gasteiger partial charge is 0.493 e. The molecule has 1 aromatic carbocycles. The van der Waals surface area contributed by atoms with E-state index in [1.807, 2.05) is 27.7 Å². The van der Waals surface area contributed by atoms with Gasteiger partial charge in [-0.15, -0.1) is 0 Å². The number of nitrogens with one attached hydrogen (secondary N) is 1. The van der Waals surface area contributed by atoms with Gasteiger partial charge in [-0.25, -0.2) is 19.1 Å². The van der Waals surface area contributed by atoms with Gasteiger partial charge in [0.15, 0.2) is 5.03 Å². The molecule has 2 aromatic heterocycles. The number of carbonyl (C=O) groups is 1. The fourth-order valence-corrected chi connectivity index (χ4v) is 4.78. The van der Waals surface area contributed by atoms with Crippen molar-refractivity contribution in [2.45, 2.75) is 65.5 Å². The number of hydrogen-bond acceptors (Lipinski definition) is 7. The number of pyridine rings is 2. The van der Waals surface area contributed by atoms with Crippen molar-refractivity contribution in [3.8, 4) is 22.9 Å². The van der Waals surface area contributed by atoms with Gasteiger partial charge in [-0.1, -0.05) is 40.2 Å². The number of sulfonamides is 1. The highest BCUT2D eigenvalue weighted by Gasteiger charge is 2.25. The minimum Gasteiger partial charge on any atom is -0.493 e. The third-order valence-electron chi connectivity index (χ3n) is 6.06. The highest BCUT2D eigenvalue weighted by atomic mass is 32.2. The van der Waals surface area contributed by atoms with Gasteiger partial charge in [-0.05, 0) is 68.5 Å². The lowest BCUT2D eigenvalue weighted by molar-refractivity contribution is 0.0966. The highest BCUT2D eigenvalue weighted by Crippen LogP contribution is 2.29. The smallest absolute Gasteiger partial charge is 0.281 e. The van der Waals surface area contributed by atoms with E-state index in [0.717, 1.165) is 12.8 Å². The minimum absolute atomic E-state index is 0.0539. The van der Waals surface area contributed by atoms with E-state index in [9.17, 15) is 17.6 Å². The molecule has 0 radical (unpaired) electrons. The Hall–Kier alpha value is -3.53. The lowest BCUT2D eigenvalue weighted by atomic mass is 10.0. The van der Waals surface area contributed by atoms with Crippen LogP contribution in [0, 0.1) is 24.6 Å². The van der Waals surface area contributed by atoms with Gasteiger partial charge >= 0.3 is 0 Å². The average molecular weight is 558 g/mol. The Morgan fingerprint density at radius 1 is 1.05 bits per heavy atom. The summed E-state index contributed by atoms with van der Waals surface area (Å²) in [5.74, 6) is -0.720. The lowest BCUT2D eigenvalue weighted by Crippen LogP contribution is -2.32. The normalized spacial score (nSPS) is 13.1. The Labute approximate surface area is 230 Å². The molecule has 39 heavy (non-hydrogen) atoms. The van der Waals surface area contributed by atoms with E-state index in [-0.39, 0.29) is 34.4 Å². The van der Waals surface area contributed by atoms with Crippen LogP contribution >= 0.6 is 0 Å².